The van der Waals surface area contributed by atoms with E-state index in [1.165, 1.54) is 24.3 Å². The summed E-state index contributed by atoms with van der Waals surface area (Å²) in [6.07, 6.45) is 2.22. The number of ether oxygens (including phenoxy) is 1. The fraction of sp³-hybridized carbons (Fsp3) is 0.143. The topological polar surface area (TPSA) is 72.6 Å². The fourth-order valence-electron chi connectivity index (χ4n) is 1.57. The second-order valence-corrected chi connectivity index (χ2v) is 4.11. The normalized spacial score (nSPS) is 10.9. The van der Waals surface area contributed by atoms with Crippen molar-refractivity contribution in [3.8, 4) is 5.75 Å². The van der Waals surface area contributed by atoms with Gasteiger partial charge in [-0.25, -0.2) is 9.18 Å². The van der Waals surface area contributed by atoms with Crippen LogP contribution in [0.1, 0.15) is 17.0 Å². The SMILES string of the molecule is Cc1cc(COc2cc(F)cc(/C=C/C(=O)O)c2)no1. The Balaban J connectivity index is 2.09. The zero-order valence-electron chi connectivity index (χ0n) is 10.7. The zero-order chi connectivity index (χ0) is 14.5. The van der Waals surface area contributed by atoms with Crippen molar-refractivity contribution < 1.29 is 23.6 Å². The lowest BCUT2D eigenvalue weighted by atomic mass is 10.2. The van der Waals surface area contributed by atoms with Crippen LogP contribution < -0.4 is 4.74 Å². The third kappa shape index (κ3) is 3.94. The van der Waals surface area contributed by atoms with Gasteiger partial charge in [-0.1, -0.05) is 5.16 Å². The van der Waals surface area contributed by atoms with Gasteiger partial charge in [-0.3, -0.25) is 0 Å². The predicted octanol–water partition coefficient (Wildman–Crippen LogP) is 2.80. The van der Waals surface area contributed by atoms with E-state index in [-0.39, 0.29) is 12.4 Å². The molecule has 20 heavy (non-hydrogen) atoms. The van der Waals surface area contributed by atoms with Gasteiger partial charge < -0.3 is 14.4 Å². The molecular weight excluding hydrogens is 265 g/mol. The lowest BCUT2D eigenvalue weighted by Crippen LogP contribution is -1.96. The second-order valence-electron chi connectivity index (χ2n) is 4.11. The molecule has 2 rings (SSSR count). The van der Waals surface area contributed by atoms with Crippen LogP contribution in [0.2, 0.25) is 0 Å². The van der Waals surface area contributed by atoms with Crippen LogP contribution in [0.15, 0.2) is 34.9 Å². The van der Waals surface area contributed by atoms with Crippen molar-refractivity contribution in [2.75, 3.05) is 0 Å². The Labute approximate surface area is 114 Å². The molecule has 5 nitrogen and oxygen atoms in total. The Bertz CT molecular complexity index is 648. The van der Waals surface area contributed by atoms with Gasteiger partial charge in [0.2, 0.25) is 0 Å². The fourth-order valence-corrected chi connectivity index (χ4v) is 1.57. The third-order valence-electron chi connectivity index (χ3n) is 2.38. The van der Waals surface area contributed by atoms with E-state index >= 15 is 0 Å². The monoisotopic (exact) mass is 277 g/mol. The zero-order valence-corrected chi connectivity index (χ0v) is 10.7. The van der Waals surface area contributed by atoms with Crippen LogP contribution in [-0.2, 0) is 11.4 Å². The first kappa shape index (κ1) is 13.8. The maximum absolute atomic E-state index is 13.4. The van der Waals surface area contributed by atoms with Gasteiger partial charge in [-0.05, 0) is 30.7 Å². The summed E-state index contributed by atoms with van der Waals surface area (Å²) in [6.45, 7) is 1.90. The summed E-state index contributed by atoms with van der Waals surface area (Å²) in [5, 5.41) is 12.3. The summed E-state index contributed by atoms with van der Waals surface area (Å²) in [5.74, 6) is -0.665. The van der Waals surface area contributed by atoms with Crippen molar-refractivity contribution in [2.24, 2.45) is 0 Å². The van der Waals surface area contributed by atoms with Crippen LogP contribution in [0.5, 0.6) is 5.75 Å². The number of aliphatic carboxylic acids is 1. The van der Waals surface area contributed by atoms with Crippen LogP contribution in [0.25, 0.3) is 6.08 Å². The molecule has 6 heteroatoms. The third-order valence-corrected chi connectivity index (χ3v) is 2.38. The van der Waals surface area contributed by atoms with Gasteiger partial charge in [0.25, 0.3) is 0 Å². The number of rotatable bonds is 5. The summed E-state index contributed by atoms with van der Waals surface area (Å²) >= 11 is 0. The average molecular weight is 277 g/mol. The molecule has 0 fully saturated rings. The van der Waals surface area contributed by atoms with E-state index < -0.39 is 11.8 Å². The molecule has 0 saturated carbocycles. The molecule has 2 aromatic rings. The lowest BCUT2D eigenvalue weighted by molar-refractivity contribution is -0.131. The number of hydrogen-bond donors (Lipinski definition) is 1. The first-order chi connectivity index (χ1) is 9.52. The molecule has 0 atom stereocenters. The van der Waals surface area contributed by atoms with Crippen molar-refractivity contribution >= 4 is 12.0 Å². The van der Waals surface area contributed by atoms with Crippen molar-refractivity contribution in [3.05, 3.63) is 53.2 Å². The number of hydrogen-bond acceptors (Lipinski definition) is 4. The minimum absolute atomic E-state index is 0.142. The predicted molar refractivity (Wildman–Crippen MR) is 68.6 cm³/mol. The van der Waals surface area contributed by atoms with E-state index in [9.17, 15) is 9.18 Å². The van der Waals surface area contributed by atoms with E-state index in [1.807, 2.05) is 0 Å². The number of carboxylic acid groups (broad SMARTS) is 1. The summed E-state index contributed by atoms with van der Waals surface area (Å²) < 4.78 is 23.7. The summed E-state index contributed by atoms with van der Waals surface area (Å²) in [7, 11) is 0. The molecule has 1 aromatic heterocycles. The number of aromatic nitrogens is 1. The van der Waals surface area contributed by atoms with Gasteiger partial charge in [0.1, 0.15) is 29.6 Å². The largest absolute Gasteiger partial charge is 0.487 e. The molecular formula is C14H12FNO4. The average Bonchev–Trinajstić information content (AvgIpc) is 2.79. The number of carboxylic acids is 1. The molecule has 0 saturated heterocycles. The molecule has 0 unspecified atom stereocenters. The molecule has 0 radical (unpaired) electrons. The van der Waals surface area contributed by atoms with Gasteiger partial charge in [0.15, 0.2) is 0 Å². The van der Waals surface area contributed by atoms with Gasteiger partial charge in [-0.2, -0.15) is 0 Å². The van der Waals surface area contributed by atoms with E-state index in [2.05, 4.69) is 5.16 Å². The molecule has 0 bridgehead atoms. The highest BCUT2D eigenvalue weighted by molar-refractivity contribution is 5.85. The summed E-state index contributed by atoms with van der Waals surface area (Å²) in [6, 6.07) is 5.68. The summed E-state index contributed by atoms with van der Waals surface area (Å²) in [4.78, 5) is 10.4. The number of halogens is 1. The Kier molecular flexibility index (Phi) is 4.14. The van der Waals surface area contributed by atoms with E-state index in [0.29, 0.717) is 17.0 Å². The number of benzene rings is 1. The van der Waals surface area contributed by atoms with Crippen LogP contribution in [0.4, 0.5) is 4.39 Å². The minimum atomic E-state index is -1.10. The van der Waals surface area contributed by atoms with Crippen LogP contribution in [0.3, 0.4) is 0 Å². The highest BCUT2D eigenvalue weighted by atomic mass is 19.1. The van der Waals surface area contributed by atoms with Gasteiger partial charge >= 0.3 is 5.97 Å². The smallest absolute Gasteiger partial charge is 0.328 e. The number of carbonyl (C=O) groups is 1. The molecule has 0 aliphatic heterocycles. The molecule has 0 aliphatic rings. The lowest BCUT2D eigenvalue weighted by Gasteiger charge is -2.05. The molecule has 1 heterocycles. The highest BCUT2D eigenvalue weighted by Crippen LogP contribution is 2.19. The number of nitrogens with zero attached hydrogens (tertiary/aromatic N) is 1. The second kappa shape index (κ2) is 6.01. The molecule has 0 aliphatic carbocycles. The van der Waals surface area contributed by atoms with E-state index in [4.69, 9.17) is 14.4 Å². The molecule has 104 valence electrons. The van der Waals surface area contributed by atoms with Gasteiger partial charge in [0, 0.05) is 18.2 Å². The minimum Gasteiger partial charge on any atom is -0.487 e. The first-order valence-corrected chi connectivity index (χ1v) is 5.79. The van der Waals surface area contributed by atoms with Crippen molar-refractivity contribution in [3.63, 3.8) is 0 Å². The van der Waals surface area contributed by atoms with Crippen LogP contribution >= 0.6 is 0 Å². The Morgan fingerprint density at radius 1 is 1.45 bits per heavy atom. The Morgan fingerprint density at radius 3 is 2.90 bits per heavy atom. The summed E-state index contributed by atoms with van der Waals surface area (Å²) in [5.41, 5.74) is 0.994. The number of aryl methyl sites for hydroxylation is 1. The van der Waals surface area contributed by atoms with E-state index in [1.54, 1.807) is 13.0 Å². The van der Waals surface area contributed by atoms with Gasteiger partial charge in [-0.15, -0.1) is 0 Å². The first-order valence-electron chi connectivity index (χ1n) is 5.79. The molecule has 0 spiro atoms. The molecule has 0 amide bonds. The Morgan fingerprint density at radius 2 is 2.25 bits per heavy atom. The van der Waals surface area contributed by atoms with Crippen LogP contribution in [0, 0.1) is 12.7 Å². The quantitative estimate of drug-likeness (QED) is 0.851. The van der Waals surface area contributed by atoms with E-state index in [0.717, 1.165) is 6.08 Å². The highest BCUT2D eigenvalue weighted by Gasteiger charge is 2.04. The maximum Gasteiger partial charge on any atom is 0.328 e. The van der Waals surface area contributed by atoms with Crippen molar-refractivity contribution in [1.82, 2.24) is 5.16 Å². The molecule has 1 N–H and O–H groups in total. The Hall–Kier alpha value is -2.63. The molecule has 1 aromatic carbocycles. The standard InChI is InChI=1S/C14H12FNO4/c1-9-4-12(16-20-9)8-19-13-6-10(2-3-14(17)18)5-11(15)7-13/h2-7H,8H2,1H3,(H,17,18)/b3-2+. The van der Waals surface area contributed by atoms with Crippen molar-refractivity contribution in [2.45, 2.75) is 13.5 Å². The van der Waals surface area contributed by atoms with Crippen LogP contribution in [-0.4, -0.2) is 16.2 Å². The maximum atomic E-state index is 13.4. The van der Waals surface area contributed by atoms with Crippen molar-refractivity contribution in [1.29, 1.82) is 0 Å². The van der Waals surface area contributed by atoms with Gasteiger partial charge in [0.05, 0.1) is 0 Å².